The summed E-state index contributed by atoms with van der Waals surface area (Å²) in [6.45, 7) is 0. The van der Waals surface area contributed by atoms with Gasteiger partial charge < -0.3 is 10.3 Å². The third-order valence-corrected chi connectivity index (χ3v) is 3.97. The Hall–Kier alpha value is -2.14. The molecule has 1 aromatic carbocycles. The Kier molecular flexibility index (Phi) is 3.78. The molecule has 2 nitrogen and oxygen atoms in total. The van der Waals surface area contributed by atoms with Crippen molar-refractivity contribution in [3.63, 3.8) is 0 Å². The molecule has 1 fully saturated rings. The van der Waals surface area contributed by atoms with Crippen LogP contribution in [-0.2, 0) is 0 Å². The zero-order chi connectivity index (χ0) is 13.8. The van der Waals surface area contributed by atoms with Crippen LogP contribution in [0.15, 0.2) is 42.6 Å². The molecule has 102 valence electrons. The molecule has 3 rings (SSSR count). The van der Waals surface area contributed by atoms with Gasteiger partial charge in [0.15, 0.2) is 0 Å². The number of nitrogen functional groups attached to an aromatic ring is 1. The second kappa shape index (κ2) is 5.88. The van der Waals surface area contributed by atoms with Gasteiger partial charge >= 0.3 is 0 Å². The summed E-state index contributed by atoms with van der Waals surface area (Å²) in [7, 11) is 0. The zero-order valence-corrected chi connectivity index (χ0v) is 11.7. The molecule has 2 N–H and O–H groups in total. The Balaban J connectivity index is 1.83. The van der Waals surface area contributed by atoms with Gasteiger partial charge in [0.1, 0.15) is 0 Å². The fraction of sp³-hybridized carbons (Fsp3) is 0.333. The lowest BCUT2D eigenvalue weighted by atomic mass is 9.95. The number of nitrogens with zero attached hydrogens (tertiary/aromatic N) is 1. The van der Waals surface area contributed by atoms with E-state index in [2.05, 4.69) is 34.7 Å². The number of hydrogen-bond donors (Lipinski definition) is 1. The van der Waals surface area contributed by atoms with Crippen LogP contribution in [0.2, 0.25) is 0 Å². The van der Waals surface area contributed by atoms with Crippen LogP contribution in [0.4, 0.5) is 5.69 Å². The standard InChI is InChI=1S/C18H20N2/c19-16-7-4-6-15(14-16)11-12-18-10-5-13-20(18)17-8-2-1-3-9-17/h4-7,10,13-14,17H,1-3,8-9,19H2. The van der Waals surface area contributed by atoms with Gasteiger partial charge in [-0.05, 0) is 49.1 Å². The molecule has 0 atom stereocenters. The van der Waals surface area contributed by atoms with Crippen molar-refractivity contribution >= 4 is 5.69 Å². The molecule has 0 saturated heterocycles. The molecule has 1 aliphatic rings. The maximum Gasteiger partial charge on any atom is 0.0926 e. The smallest absolute Gasteiger partial charge is 0.0926 e. The van der Waals surface area contributed by atoms with E-state index in [1.807, 2.05) is 24.3 Å². The highest BCUT2D eigenvalue weighted by Gasteiger charge is 2.15. The summed E-state index contributed by atoms with van der Waals surface area (Å²) in [6, 6.07) is 12.6. The van der Waals surface area contributed by atoms with Crippen LogP contribution < -0.4 is 5.73 Å². The zero-order valence-electron chi connectivity index (χ0n) is 11.7. The number of anilines is 1. The van der Waals surface area contributed by atoms with Gasteiger partial charge in [0.25, 0.3) is 0 Å². The van der Waals surface area contributed by atoms with Crippen LogP contribution in [0.1, 0.15) is 49.4 Å². The molecule has 2 heteroatoms. The van der Waals surface area contributed by atoms with Gasteiger partial charge in [-0.2, -0.15) is 0 Å². The molecule has 1 heterocycles. The van der Waals surface area contributed by atoms with Gasteiger partial charge in [0, 0.05) is 23.5 Å². The maximum absolute atomic E-state index is 5.78. The SMILES string of the molecule is Nc1cccc(C#Cc2cccn2C2CCCCC2)c1. The van der Waals surface area contributed by atoms with Crippen LogP contribution in [0.5, 0.6) is 0 Å². The minimum atomic E-state index is 0.629. The summed E-state index contributed by atoms with van der Waals surface area (Å²) < 4.78 is 2.35. The molecule has 0 aliphatic heterocycles. The molecular formula is C18H20N2. The Labute approximate surface area is 120 Å². The average Bonchev–Trinajstić information content (AvgIpc) is 2.95. The van der Waals surface area contributed by atoms with Crippen molar-refractivity contribution in [2.24, 2.45) is 0 Å². The highest BCUT2D eigenvalue weighted by molar-refractivity contribution is 5.48. The molecule has 0 amide bonds. The number of nitrogens with two attached hydrogens (primary N) is 1. The fourth-order valence-corrected chi connectivity index (χ4v) is 2.93. The van der Waals surface area contributed by atoms with E-state index in [4.69, 9.17) is 5.73 Å². The van der Waals surface area contributed by atoms with Gasteiger partial charge in [-0.25, -0.2) is 0 Å². The van der Waals surface area contributed by atoms with Crippen molar-refractivity contribution in [1.29, 1.82) is 0 Å². The van der Waals surface area contributed by atoms with E-state index in [-0.39, 0.29) is 0 Å². The van der Waals surface area contributed by atoms with E-state index in [0.717, 1.165) is 16.9 Å². The lowest BCUT2D eigenvalue weighted by Crippen LogP contribution is -2.13. The number of hydrogen-bond acceptors (Lipinski definition) is 1. The van der Waals surface area contributed by atoms with Gasteiger partial charge in [0.2, 0.25) is 0 Å². The Bertz CT molecular complexity index is 637. The molecule has 0 bridgehead atoms. The van der Waals surface area contributed by atoms with Crippen molar-refractivity contribution in [2.45, 2.75) is 38.1 Å². The average molecular weight is 264 g/mol. The van der Waals surface area contributed by atoms with E-state index < -0.39 is 0 Å². The van der Waals surface area contributed by atoms with Crippen LogP contribution >= 0.6 is 0 Å². The van der Waals surface area contributed by atoms with Crippen molar-refractivity contribution in [3.05, 3.63) is 53.9 Å². The highest BCUT2D eigenvalue weighted by atomic mass is 15.0. The first-order valence-electron chi connectivity index (χ1n) is 7.37. The molecule has 2 aromatic rings. The third kappa shape index (κ3) is 2.88. The summed E-state index contributed by atoms with van der Waals surface area (Å²) in [5.74, 6) is 6.51. The summed E-state index contributed by atoms with van der Waals surface area (Å²) in [5.41, 5.74) is 8.63. The summed E-state index contributed by atoms with van der Waals surface area (Å²) in [6.07, 6.45) is 8.78. The third-order valence-electron chi connectivity index (χ3n) is 3.97. The second-order valence-corrected chi connectivity index (χ2v) is 5.47. The van der Waals surface area contributed by atoms with Gasteiger partial charge in [0.05, 0.1) is 5.69 Å². The van der Waals surface area contributed by atoms with Crippen molar-refractivity contribution in [2.75, 3.05) is 5.73 Å². The van der Waals surface area contributed by atoms with Crippen molar-refractivity contribution in [1.82, 2.24) is 4.57 Å². The van der Waals surface area contributed by atoms with Crippen molar-refractivity contribution in [3.8, 4) is 11.8 Å². The first-order chi connectivity index (χ1) is 9.83. The first-order valence-corrected chi connectivity index (χ1v) is 7.37. The first kappa shape index (κ1) is 12.9. The summed E-state index contributed by atoms with van der Waals surface area (Å²) >= 11 is 0. The molecule has 1 saturated carbocycles. The predicted octanol–water partition coefficient (Wildman–Crippen LogP) is 3.98. The lowest BCUT2D eigenvalue weighted by molar-refractivity contribution is 0.352. The summed E-state index contributed by atoms with van der Waals surface area (Å²) in [4.78, 5) is 0. The van der Waals surface area contributed by atoms with Crippen LogP contribution in [0.25, 0.3) is 0 Å². The Morgan fingerprint density at radius 1 is 1.00 bits per heavy atom. The van der Waals surface area contributed by atoms with Gasteiger partial charge in [-0.15, -0.1) is 0 Å². The van der Waals surface area contributed by atoms with E-state index >= 15 is 0 Å². The second-order valence-electron chi connectivity index (χ2n) is 5.47. The topological polar surface area (TPSA) is 30.9 Å². The normalized spacial score (nSPS) is 15.6. The number of aromatic nitrogens is 1. The van der Waals surface area contributed by atoms with Crippen LogP contribution in [0.3, 0.4) is 0 Å². The minimum absolute atomic E-state index is 0.629. The molecule has 20 heavy (non-hydrogen) atoms. The molecule has 0 unspecified atom stereocenters. The monoisotopic (exact) mass is 264 g/mol. The van der Waals surface area contributed by atoms with E-state index in [1.165, 1.54) is 32.1 Å². The molecule has 0 radical (unpaired) electrons. The predicted molar refractivity (Wildman–Crippen MR) is 83.4 cm³/mol. The van der Waals surface area contributed by atoms with E-state index in [9.17, 15) is 0 Å². The molecule has 0 spiro atoms. The number of rotatable bonds is 1. The lowest BCUT2D eigenvalue weighted by Gasteiger charge is -2.24. The Morgan fingerprint density at radius 2 is 1.85 bits per heavy atom. The summed E-state index contributed by atoms with van der Waals surface area (Å²) in [5, 5.41) is 0. The largest absolute Gasteiger partial charge is 0.399 e. The van der Waals surface area contributed by atoms with E-state index in [0.29, 0.717) is 6.04 Å². The molecule has 1 aromatic heterocycles. The number of benzene rings is 1. The van der Waals surface area contributed by atoms with Gasteiger partial charge in [-0.3, -0.25) is 0 Å². The molecule has 1 aliphatic carbocycles. The van der Waals surface area contributed by atoms with Gasteiger partial charge in [-0.1, -0.05) is 31.2 Å². The highest BCUT2D eigenvalue weighted by Crippen LogP contribution is 2.29. The quantitative estimate of drug-likeness (QED) is 0.613. The van der Waals surface area contributed by atoms with Crippen molar-refractivity contribution < 1.29 is 0 Å². The van der Waals surface area contributed by atoms with E-state index in [1.54, 1.807) is 0 Å². The van der Waals surface area contributed by atoms with Crippen LogP contribution in [0, 0.1) is 11.8 Å². The Morgan fingerprint density at radius 3 is 2.65 bits per heavy atom. The van der Waals surface area contributed by atoms with Crippen LogP contribution in [-0.4, -0.2) is 4.57 Å². The minimum Gasteiger partial charge on any atom is -0.399 e. The molecular weight excluding hydrogens is 244 g/mol. The fourth-order valence-electron chi connectivity index (χ4n) is 2.93. The maximum atomic E-state index is 5.78.